The van der Waals surface area contributed by atoms with Gasteiger partial charge in [-0.2, -0.15) is 0 Å². The van der Waals surface area contributed by atoms with E-state index < -0.39 is 0 Å². The van der Waals surface area contributed by atoms with Crippen molar-refractivity contribution in [3.8, 4) is 0 Å². The van der Waals surface area contributed by atoms with Gasteiger partial charge in [0.25, 0.3) is 5.91 Å². The summed E-state index contributed by atoms with van der Waals surface area (Å²) in [6, 6.07) is 5.27. The Labute approximate surface area is 144 Å². The minimum absolute atomic E-state index is 0.0843. The van der Waals surface area contributed by atoms with E-state index in [1.807, 2.05) is 13.0 Å². The third-order valence-electron chi connectivity index (χ3n) is 2.98. The molecule has 0 spiro atoms. The van der Waals surface area contributed by atoms with Gasteiger partial charge in [-0.25, -0.2) is 0 Å². The number of hydrogen-bond donors (Lipinski definition) is 3. The first kappa shape index (κ1) is 18.6. The third-order valence-corrected chi connectivity index (χ3v) is 4.04. The summed E-state index contributed by atoms with van der Waals surface area (Å²) < 4.78 is 0.854. The average molecular weight is 386 g/mol. The van der Waals surface area contributed by atoms with Gasteiger partial charge in [0.2, 0.25) is 5.91 Å². The highest BCUT2D eigenvalue weighted by molar-refractivity contribution is 9.10. The number of nitrogens with one attached hydrogen (secondary N) is 3. The van der Waals surface area contributed by atoms with Gasteiger partial charge < -0.3 is 5.32 Å². The van der Waals surface area contributed by atoms with Crippen molar-refractivity contribution in [3.63, 3.8) is 0 Å². The molecule has 0 aliphatic rings. The third kappa shape index (κ3) is 6.53. The summed E-state index contributed by atoms with van der Waals surface area (Å²) in [6.45, 7) is 4.01. The molecule has 5 nitrogen and oxygen atoms in total. The number of carbonyl (C=O) groups is 2. The van der Waals surface area contributed by atoms with Crippen LogP contribution in [0.3, 0.4) is 0 Å². The molecule has 0 saturated heterocycles. The molecule has 0 unspecified atom stereocenters. The van der Waals surface area contributed by atoms with E-state index >= 15 is 0 Å². The first-order valence-corrected chi connectivity index (χ1v) is 8.30. The van der Waals surface area contributed by atoms with E-state index in [9.17, 15) is 9.59 Å². The topological polar surface area (TPSA) is 70.2 Å². The van der Waals surface area contributed by atoms with Gasteiger partial charge in [0.05, 0.1) is 0 Å². The first-order valence-electron chi connectivity index (χ1n) is 7.10. The number of benzene rings is 1. The van der Waals surface area contributed by atoms with Crippen LogP contribution in [0.5, 0.6) is 0 Å². The Balaban J connectivity index is 2.38. The number of halogens is 1. The van der Waals surface area contributed by atoms with Gasteiger partial charge in [0, 0.05) is 16.5 Å². The fourth-order valence-corrected chi connectivity index (χ4v) is 2.22. The van der Waals surface area contributed by atoms with Crippen LogP contribution in [-0.2, 0) is 4.79 Å². The number of unbranched alkanes of at least 4 members (excludes halogenated alkanes) is 2. The van der Waals surface area contributed by atoms with Crippen LogP contribution in [0, 0.1) is 6.92 Å². The van der Waals surface area contributed by atoms with E-state index in [-0.39, 0.29) is 16.9 Å². The normalized spacial score (nSPS) is 9.95. The zero-order chi connectivity index (χ0) is 16.5. The molecular weight excluding hydrogens is 366 g/mol. The summed E-state index contributed by atoms with van der Waals surface area (Å²) in [7, 11) is 0. The summed E-state index contributed by atoms with van der Waals surface area (Å²) in [5.74, 6) is -0.485. The predicted molar refractivity (Wildman–Crippen MR) is 94.4 cm³/mol. The van der Waals surface area contributed by atoms with E-state index in [4.69, 9.17) is 12.2 Å². The molecule has 22 heavy (non-hydrogen) atoms. The highest BCUT2D eigenvalue weighted by Crippen LogP contribution is 2.17. The molecule has 1 aromatic rings. The van der Waals surface area contributed by atoms with Gasteiger partial charge in [-0.3, -0.25) is 20.4 Å². The standard InChI is InChI=1S/C15H20BrN3O2S/c1-3-4-5-6-13(20)17-15(22)19-18-14(21)11-8-7-10(2)12(16)9-11/h7-9H,3-6H2,1-2H3,(H,18,21)(H2,17,19,20,22). The molecule has 1 aromatic carbocycles. The van der Waals surface area contributed by atoms with Crippen LogP contribution < -0.4 is 16.2 Å². The van der Waals surface area contributed by atoms with Gasteiger partial charge in [-0.15, -0.1) is 0 Å². The van der Waals surface area contributed by atoms with Crippen molar-refractivity contribution in [2.75, 3.05) is 0 Å². The molecule has 0 radical (unpaired) electrons. The van der Waals surface area contributed by atoms with E-state index in [2.05, 4.69) is 39.0 Å². The van der Waals surface area contributed by atoms with Crippen molar-refractivity contribution < 1.29 is 9.59 Å². The molecular formula is C15H20BrN3O2S. The van der Waals surface area contributed by atoms with Crippen molar-refractivity contribution in [1.82, 2.24) is 16.2 Å². The molecule has 0 saturated carbocycles. The lowest BCUT2D eigenvalue weighted by Gasteiger charge is -2.11. The summed E-state index contributed by atoms with van der Waals surface area (Å²) in [5, 5.41) is 2.61. The molecule has 7 heteroatoms. The fraction of sp³-hybridized carbons (Fsp3) is 0.400. The summed E-state index contributed by atoms with van der Waals surface area (Å²) in [5.41, 5.74) is 6.50. The number of aryl methyl sites for hydroxylation is 1. The number of hydrogen-bond acceptors (Lipinski definition) is 3. The lowest BCUT2D eigenvalue weighted by Crippen LogP contribution is -2.48. The van der Waals surface area contributed by atoms with Crippen molar-refractivity contribution in [1.29, 1.82) is 0 Å². The van der Waals surface area contributed by atoms with Crippen molar-refractivity contribution in [3.05, 3.63) is 33.8 Å². The van der Waals surface area contributed by atoms with Gasteiger partial charge >= 0.3 is 0 Å². The molecule has 0 aliphatic carbocycles. The minimum atomic E-state index is -0.330. The summed E-state index contributed by atoms with van der Waals surface area (Å²) in [6.07, 6.45) is 3.31. The molecule has 0 aliphatic heterocycles. The maximum Gasteiger partial charge on any atom is 0.269 e. The second-order valence-electron chi connectivity index (χ2n) is 4.88. The maximum atomic E-state index is 11.9. The smallest absolute Gasteiger partial charge is 0.269 e. The predicted octanol–water partition coefficient (Wildman–Crippen LogP) is 2.97. The molecule has 0 fully saturated rings. The van der Waals surface area contributed by atoms with Crippen molar-refractivity contribution in [2.45, 2.75) is 39.5 Å². The van der Waals surface area contributed by atoms with E-state index in [0.29, 0.717) is 12.0 Å². The molecule has 0 aromatic heterocycles. The largest absolute Gasteiger partial charge is 0.302 e. The molecule has 3 N–H and O–H groups in total. The van der Waals surface area contributed by atoms with Crippen LogP contribution in [0.4, 0.5) is 0 Å². The molecule has 1 rings (SSSR count). The Bertz CT molecular complexity index is 564. The van der Waals surface area contributed by atoms with E-state index in [0.717, 1.165) is 29.3 Å². The Hall–Kier alpha value is -1.47. The lowest BCUT2D eigenvalue weighted by atomic mass is 10.1. The van der Waals surface area contributed by atoms with E-state index in [1.165, 1.54) is 0 Å². The summed E-state index contributed by atoms with van der Waals surface area (Å²) >= 11 is 8.33. The van der Waals surface area contributed by atoms with Gasteiger partial charge in [0.1, 0.15) is 0 Å². The van der Waals surface area contributed by atoms with E-state index in [1.54, 1.807) is 12.1 Å². The quantitative estimate of drug-likeness (QED) is 0.414. The number of carbonyl (C=O) groups excluding carboxylic acids is 2. The molecule has 120 valence electrons. The molecule has 0 heterocycles. The van der Waals surface area contributed by atoms with Crippen LogP contribution in [0.15, 0.2) is 22.7 Å². The number of hydrazine groups is 1. The second kappa shape index (κ2) is 9.53. The minimum Gasteiger partial charge on any atom is -0.302 e. The SMILES string of the molecule is CCCCCC(=O)NC(=S)NNC(=O)c1ccc(C)c(Br)c1. The molecule has 0 bridgehead atoms. The highest BCUT2D eigenvalue weighted by Gasteiger charge is 2.08. The molecule has 2 amide bonds. The van der Waals surface area contributed by atoms with Crippen LogP contribution in [0.2, 0.25) is 0 Å². The zero-order valence-electron chi connectivity index (χ0n) is 12.7. The monoisotopic (exact) mass is 385 g/mol. The second-order valence-corrected chi connectivity index (χ2v) is 6.14. The molecule has 0 atom stereocenters. The zero-order valence-corrected chi connectivity index (χ0v) is 15.1. The first-order chi connectivity index (χ1) is 10.4. The number of rotatable bonds is 5. The average Bonchev–Trinajstić information content (AvgIpc) is 2.48. The number of thiocarbonyl (C=S) groups is 1. The fourth-order valence-electron chi connectivity index (χ4n) is 1.68. The van der Waals surface area contributed by atoms with Gasteiger partial charge in [-0.05, 0) is 43.3 Å². The van der Waals surface area contributed by atoms with Crippen LogP contribution in [-0.4, -0.2) is 16.9 Å². The maximum absolute atomic E-state index is 11.9. The Morgan fingerprint density at radius 1 is 1.23 bits per heavy atom. The summed E-state index contributed by atoms with van der Waals surface area (Å²) in [4.78, 5) is 23.5. The van der Waals surface area contributed by atoms with Gasteiger partial charge in [0.15, 0.2) is 5.11 Å². The van der Waals surface area contributed by atoms with Crippen LogP contribution in [0.25, 0.3) is 0 Å². The van der Waals surface area contributed by atoms with Crippen LogP contribution in [0.1, 0.15) is 48.5 Å². The number of amides is 2. The Morgan fingerprint density at radius 2 is 1.95 bits per heavy atom. The lowest BCUT2D eigenvalue weighted by molar-refractivity contribution is -0.119. The van der Waals surface area contributed by atoms with Crippen molar-refractivity contribution in [2.24, 2.45) is 0 Å². The van der Waals surface area contributed by atoms with Crippen molar-refractivity contribution >= 4 is 45.1 Å². The van der Waals surface area contributed by atoms with Gasteiger partial charge in [-0.1, -0.05) is 41.8 Å². The van der Waals surface area contributed by atoms with Crippen LogP contribution >= 0.6 is 28.1 Å². The Kier molecular flexibility index (Phi) is 8.05. The Morgan fingerprint density at radius 3 is 2.59 bits per heavy atom. The highest BCUT2D eigenvalue weighted by atomic mass is 79.9.